The van der Waals surface area contributed by atoms with Crippen LogP contribution in [0.4, 0.5) is 0 Å². The van der Waals surface area contributed by atoms with Crippen molar-refractivity contribution in [3.05, 3.63) is 35.4 Å². The maximum Gasteiger partial charge on any atom is 0.193 e. The van der Waals surface area contributed by atoms with Crippen LogP contribution in [0.5, 0.6) is 0 Å². The highest BCUT2D eigenvalue weighted by Gasteiger charge is 2.39. The van der Waals surface area contributed by atoms with Gasteiger partial charge in [0.05, 0.1) is 13.2 Å². The molecule has 0 bridgehead atoms. The fourth-order valence-corrected chi connectivity index (χ4v) is 5.19. The second-order valence-electron chi connectivity index (χ2n) is 8.84. The van der Waals surface area contributed by atoms with Crippen molar-refractivity contribution in [2.45, 2.75) is 51.6 Å². The van der Waals surface area contributed by atoms with Crippen LogP contribution in [-0.2, 0) is 17.8 Å². The summed E-state index contributed by atoms with van der Waals surface area (Å²) in [7, 11) is 1.92. The summed E-state index contributed by atoms with van der Waals surface area (Å²) in [6.07, 6.45) is 8.40. The first-order valence-electron chi connectivity index (χ1n) is 11.1. The molecule has 29 heavy (non-hydrogen) atoms. The fourth-order valence-electron chi connectivity index (χ4n) is 5.19. The van der Waals surface area contributed by atoms with Gasteiger partial charge in [0.1, 0.15) is 0 Å². The Morgan fingerprint density at radius 3 is 2.59 bits per heavy atom. The number of halogens is 1. The molecule has 2 heterocycles. The van der Waals surface area contributed by atoms with Gasteiger partial charge in [0, 0.05) is 46.3 Å². The predicted molar refractivity (Wildman–Crippen MR) is 130 cm³/mol. The number of ether oxygens (including phenoxy) is 1. The Morgan fingerprint density at radius 1 is 1.07 bits per heavy atom. The zero-order chi connectivity index (χ0) is 19.2. The molecule has 0 atom stereocenters. The number of morpholine rings is 1. The molecule has 3 fully saturated rings. The predicted octanol–water partition coefficient (Wildman–Crippen LogP) is 3.87. The molecule has 1 spiro atoms. The van der Waals surface area contributed by atoms with Gasteiger partial charge >= 0.3 is 0 Å². The average Bonchev–Trinajstić information content (AvgIpc) is 3.13. The van der Waals surface area contributed by atoms with Crippen molar-refractivity contribution in [1.29, 1.82) is 0 Å². The molecule has 162 valence electrons. The van der Waals surface area contributed by atoms with Crippen LogP contribution in [-0.4, -0.2) is 62.2 Å². The van der Waals surface area contributed by atoms with Crippen LogP contribution >= 0.6 is 24.0 Å². The quantitative estimate of drug-likeness (QED) is 0.378. The van der Waals surface area contributed by atoms with Crippen molar-refractivity contribution >= 4 is 29.9 Å². The molecular formula is C23H37IN4O. The van der Waals surface area contributed by atoms with Crippen LogP contribution < -0.4 is 5.32 Å². The topological polar surface area (TPSA) is 40.1 Å². The number of guanidine groups is 1. The third-order valence-electron chi connectivity index (χ3n) is 6.82. The number of hydrogen-bond acceptors (Lipinski definition) is 3. The van der Waals surface area contributed by atoms with E-state index in [0.29, 0.717) is 5.41 Å². The van der Waals surface area contributed by atoms with E-state index < -0.39 is 0 Å². The Balaban J connectivity index is 0.00000240. The fraction of sp³-hybridized carbons (Fsp3) is 0.696. The highest BCUT2D eigenvalue weighted by Crippen LogP contribution is 2.43. The summed E-state index contributed by atoms with van der Waals surface area (Å²) >= 11 is 0. The maximum absolute atomic E-state index is 5.46. The van der Waals surface area contributed by atoms with Crippen molar-refractivity contribution in [2.75, 3.05) is 46.4 Å². The number of rotatable bonds is 4. The van der Waals surface area contributed by atoms with Crippen LogP contribution in [0.2, 0.25) is 0 Å². The molecule has 1 aromatic rings. The number of nitrogens with one attached hydrogen (secondary N) is 1. The summed E-state index contributed by atoms with van der Waals surface area (Å²) < 4.78 is 5.46. The van der Waals surface area contributed by atoms with E-state index in [9.17, 15) is 0 Å². The standard InChI is InChI=1S/C23H36N4O.HI/c1-24-22(27-11-10-23(19-27)8-3-2-4-9-23)25-17-20-6-5-7-21(16-20)18-26-12-14-28-15-13-26;/h5-7,16H,2-4,8-15,17-19H2,1H3,(H,24,25);1H. The van der Waals surface area contributed by atoms with Crippen LogP contribution in [0, 0.1) is 5.41 Å². The van der Waals surface area contributed by atoms with Crippen molar-refractivity contribution in [2.24, 2.45) is 10.4 Å². The van der Waals surface area contributed by atoms with Gasteiger partial charge in [-0.15, -0.1) is 24.0 Å². The number of likely N-dealkylation sites (tertiary alicyclic amines) is 1. The molecule has 0 radical (unpaired) electrons. The van der Waals surface area contributed by atoms with E-state index in [2.05, 4.69) is 44.4 Å². The lowest BCUT2D eigenvalue weighted by atomic mass is 9.73. The van der Waals surface area contributed by atoms with Crippen molar-refractivity contribution < 1.29 is 4.74 Å². The second kappa shape index (κ2) is 11.0. The Labute approximate surface area is 193 Å². The van der Waals surface area contributed by atoms with Gasteiger partial charge < -0.3 is 15.0 Å². The molecule has 0 unspecified atom stereocenters. The van der Waals surface area contributed by atoms with E-state index in [4.69, 9.17) is 4.74 Å². The number of nitrogens with zero attached hydrogens (tertiary/aromatic N) is 3. The highest BCUT2D eigenvalue weighted by molar-refractivity contribution is 14.0. The van der Waals surface area contributed by atoms with Crippen LogP contribution in [0.1, 0.15) is 49.7 Å². The Hall–Kier alpha value is -0.860. The van der Waals surface area contributed by atoms with Crippen LogP contribution in [0.3, 0.4) is 0 Å². The maximum atomic E-state index is 5.46. The highest BCUT2D eigenvalue weighted by atomic mass is 127. The number of hydrogen-bond donors (Lipinski definition) is 1. The molecule has 1 saturated carbocycles. The minimum absolute atomic E-state index is 0. The van der Waals surface area contributed by atoms with Gasteiger partial charge in [-0.1, -0.05) is 43.5 Å². The first-order valence-corrected chi connectivity index (χ1v) is 11.1. The number of aliphatic imine (C=N–C) groups is 1. The molecule has 0 amide bonds. The largest absolute Gasteiger partial charge is 0.379 e. The zero-order valence-electron chi connectivity index (χ0n) is 17.9. The Morgan fingerprint density at radius 2 is 1.83 bits per heavy atom. The van der Waals surface area contributed by atoms with E-state index in [1.54, 1.807) is 0 Å². The molecular weight excluding hydrogens is 475 g/mol. The first kappa shape index (κ1) is 22.8. The molecule has 3 aliphatic rings. The monoisotopic (exact) mass is 512 g/mol. The number of benzene rings is 1. The average molecular weight is 512 g/mol. The van der Waals surface area contributed by atoms with Gasteiger partial charge in [-0.25, -0.2) is 0 Å². The summed E-state index contributed by atoms with van der Waals surface area (Å²) in [5.41, 5.74) is 3.28. The van der Waals surface area contributed by atoms with E-state index in [0.717, 1.165) is 51.9 Å². The minimum Gasteiger partial charge on any atom is -0.379 e. The SMILES string of the molecule is CN=C(NCc1cccc(CN2CCOCC2)c1)N1CCC2(CCCCC2)C1.I. The molecule has 2 aliphatic heterocycles. The molecule has 0 aromatic heterocycles. The van der Waals surface area contributed by atoms with E-state index in [1.807, 2.05) is 7.05 Å². The van der Waals surface area contributed by atoms with Gasteiger partial charge in [0.2, 0.25) is 0 Å². The van der Waals surface area contributed by atoms with Crippen LogP contribution in [0.15, 0.2) is 29.3 Å². The van der Waals surface area contributed by atoms with Crippen molar-refractivity contribution in [3.63, 3.8) is 0 Å². The summed E-state index contributed by atoms with van der Waals surface area (Å²) in [6.45, 7) is 7.97. The van der Waals surface area contributed by atoms with Gasteiger partial charge in [-0.05, 0) is 35.8 Å². The van der Waals surface area contributed by atoms with Gasteiger partial charge in [-0.2, -0.15) is 0 Å². The van der Waals surface area contributed by atoms with E-state index >= 15 is 0 Å². The summed E-state index contributed by atoms with van der Waals surface area (Å²) in [5, 5.41) is 3.62. The lowest BCUT2D eigenvalue weighted by Crippen LogP contribution is -2.41. The summed E-state index contributed by atoms with van der Waals surface area (Å²) in [4.78, 5) is 9.55. The molecule has 1 aliphatic carbocycles. The van der Waals surface area contributed by atoms with Crippen molar-refractivity contribution in [1.82, 2.24) is 15.1 Å². The summed E-state index contributed by atoms with van der Waals surface area (Å²) in [5.74, 6) is 1.07. The Kier molecular flexibility index (Phi) is 8.62. The second-order valence-corrected chi connectivity index (χ2v) is 8.84. The molecule has 6 heteroatoms. The first-order chi connectivity index (χ1) is 13.8. The summed E-state index contributed by atoms with van der Waals surface area (Å²) in [6, 6.07) is 8.97. The third-order valence-corrected chi connectivity index (χ3v) is 6.82. The Bertz CT molecular complexity index is 669. The molecule has 4 rings (SSSR count). The molecule has 1 aromatic carbocycles. The lowest BCUT2D eigenvalue weighted by molar-refractivity contribution is 0.0342. The molecule has 1 N–H and O–H groups in total. The zero-order valence-corrected chi connectivity index (χ0v) is 20.2. The lowest BCUT2D eigenvalue weighted by Gasteiger charge is -2.33. The van der Waals surface area contributed by atoms with Crippen LogP contribution in [0.25, 0.3) is 0 Å². The van der Waals surface area contributed by atoms with E-state index in [1.165, 1.54) is 56.2 Å². The molecule has 5 nitrogen and oxygen atoms in total. The minimum atomic E-state index is 0. The normalized spacial score (nSPS) is 22.5. The van der Waals surface area contributed by atoms with Gasteiger partial charge in [0.15, 0.2) is 5.96 Å². The third kappa shape index (κ3) is 6.07. The van der Waals surface area contributed by atoms with Crippen molar-refractivity contribution in [3.8, 4) is 0 Å². The van der Waals surface area contributed by atoms with E-state index in [-0.39, 0.29) is 24.0 Å². The van der Waals surface area contributed by atoms with Gasteiger partial charge in [0.25, 0.3) is 0 Å². The molecule has 2 saturated heterocycles. The van der Waals surface area contributed by atoms with Gasteiger partial charge in [-0.3, -0.25) is 9.89 Å². The smallest absolute Gasteiger partial charge is 0.193 e.